The van der Waals surface area contributed by atoms with Crippen LogP contribution in [0.15, 0.2) is 6.07 Å². The molecule has 8 heteroatoms. The van der Waals surface area contributed by atoms with Crippen LogP contribution in [-0.2, 0) is 9.59 Å². The lowest BCUT2D eigenvalue weighted by Crippen LogP contribution is -2.32. The van der Waals surface area contributed by atoms with Gasteiger partial charge < -0.3 is 15.8 Å². The van der Waals surface area contributed by atoms with Crippen LogP contribution >= 0.6 is 0 Å². The molecule has 0 aliphatic carbocycles. The second-order valence-electron chi connectivity index (χ2n) is 3.85. The second-order valence-corrected chi connectivity index (χ2v) is 3.85. The highest BCUT2D eigenvalue weighted by Crippen LogP contribution is 2.19. The number of likely N-dealkylation sites (tertiary alicyclic amines) is 1. The average molecular weight is 251 g/mol. The predicted octanol–water partition coefficient (Wildman–Crippen LogP) is -0.763. The standard InChI is InChI=1S/C10H13N5O3/c1-15-8(16)3-5(9(15)17)12-6-4-7(18-2)14-10(11)13-6/h4-5H,3H2,1-2H3,(H3,11,12,13,14). The summed E-state index contributed by atoms with van der Waals surface area (Å²) in [6, 6.07) is 0.883. The number of nitrogens with two attached hydrogens (primary N) is 1. The Morgan fingerprint density at radius 3 is 2.78 bits per heavy atom. The molecule has 2 rings (SSSR count). The third-order valence-electron chi connectivity index (χ3n) is 2.63. The average Bonchev–Trinajstić information content (AvgIpc) is 2.56. The Kier molecular flexibility index (Phi) is 3.00. The monoisotopic (exact) mass is 251 g/mol. The van der Waals surface area contributed by atoms with Gasteiger partial charge in [-0.15, -0.1) is 0 Å². The van der Waals surface area contributed by atoms with Crippen molar-refractivity contribution >= 4 is 23.6 Å². The summed E-state index contributed by atoms with van der Waals surface area (Å²) in [5, 5.41) is 2.84. The van der Waals surface area contributed by atoms with E-state index in [0.29, 0.717) is 5.82 Å². The van der Waals surface area contributed by atoms with Crippen LogP contribution in [0, 0.1) is 0 Å². The van der Waals surface area contributed by atoms with Gasteiger partial charge in [-0.2, -0.15) is 9.97 Å². The second kappa shape index (κ2) is 4.47. The largest absolute Gasteiger partial charge is 0.481 e. The van der Waals surface area contributed by atoms with Gasteiger partial charge in [0.05, 0.1) is 13.5 Å². The molecular weight excluding hydrogens is 238 g/mol. The first-order chi connectivity index (χ1) is 8.51. The number of ether oxygens (including phenoxy) is 1. The SMILES string of the molecule is COc1cc(NC2CC(=O)N(C)C2=O)nc(N)n1. The number of nitrogen functional groups attached to an aromatic ring is 1. The van der Waals surface area contributed by atoms with Gasteiger partial charge >= 0.3 is 0 Å². The van der Waals surface area contributed by atoms with E-state index in [1.54, 1.807) is 0 Å². The van der Waals surface area contributed by atoms with Crippen molar-refractivity contribution in [1.82, 2.24) is 14.9 Å². The third kappa shape index (κ3) is 2.17. The lowest BCUT2D eigenvalue weighted by Gasteiger charge is -2.12. The number of anilines is 2. The molecule has 3 N–H and O–H groups in total. The number of carbonyl (C=O) groups excluding carboxylic acids is 2. The van der Waals surface area contributed by atoms with Crippen molar-refractivity contribution in [2.75, 3.05) is 25.2 Å². The summed E-state index contributed by atoms with van der Waals surface area (Å²) >= 11 is 0. The Morgan fingerprint density at radius 2 is 2.22 bits per heavy atom. The number of rotatable bonds is 3. The third-order valence-corrected chi connectivity index (χ3v) is 2.63. The minimum Gasteiger partial charge on any atom is -0.481 e. The first kappa shape index (κ1) is 12.1. The summed E-state index contributed by atoms with van der Waals surface area (Å²) in [6.45, 7) is 0. The lowest BCUT2D eigenvalue weighted by atomic mass is 10.2. The molecule has 1 aliphatic rings. The van der Waals surface area contributed by atoms with Gasteiger partial charge in [0.1, 0.15) is 11.9 Å². The van der Waals surface area contributed by atoms with Crippen LogP contribution in [0.25, 0.3) is 0 Å². The van der Waals surface area contributed by atoms with Crippen molar-refractivity contribution in [1.29, 1.82) is 0 Å². The molecule has 0 spiro atoms. The predicted molar refractivity (Wildman–Crippen MR) is 62.8 cm³/mol. The fraction of sp³-hybridized carbons (Fsp3) is 0.400. The molecule has 1 saturated heterocycles. The van der Waals surface area contributed by atoms with E-state index >= 15 is 0 Å². The minimum atomic E-state index is -0.624. The smallest absolute Gasteiger partial charge is 0.251 e. The Labute approximate surface area is 103 Å². The number of nitrogens with zero attached hydrogens (tertiary/aromatic N) is 3. The van der Waals surface area contributed by atoms with Crippen LogP contribution < -0.4 is 15.8 Å². The molecule has 2 amide bonds. The summed E-state index contributed by atoms with van der Waals surface area (Å²) in [7, 11) is 2.89. The lowest BCUT2D eigenvalue weighted by molar-refractivity contribution is -0.136. The zero-order chi connectivity index (χ0) is 13.3. The maximum atomic E-state index is 11.7. The molecule has 2 heterocycles. The number of hydrogen-bond donors (Lipinski definition) is 2. The quantitative estimate of drug-likeness (QED) is 0.679. The Balaban J connectivity index is 2.17. The molecule has 1 aromatic heterocycles. The highest BCUT2D eigenvalue weighted by atomic mass is 16.5. The molecule has 96 valence electrons. The van der Waals surface area contributed by atoms with E-state index in [2.05, 4.69) is 15.3 Å². The van der Waals surface area contributed by atoms with Crippen LogP contribution in [-0.4, -0.2) is 46.9 Å². The molecular formula is C10H13N5O3. The molecule has 1 unspecified atom stereocenters. The van der Waals surface area contributed by atoms with Gasteiger partial charge in [0.25, 0.3) is 5.91 Å². The number of hydrogen-bond acceptors (Lipinski definition) is 7. The van der Waals surface area contributed by atoms with Crippen molar-refractivity contribution in [2.45, 2.75) is 12.5 Å². The van der Waals surface area contributed by atoms with E-state index in [1.165, 1.54) is 20.2 Å². The fourth-order valence-corrected chi connectivity index (χ4v) is 1.67. The number of amides is 2. The Hall–Kier alpha value is -2.38. The maximum absolute atomic E-state index is 11.7. The molecule has 0 saturated carbocycles. The molecule has 0 bridgehead atoms. The number of carbonyl (C=O) groups is 2. The summed E-state index contributed by atoms with van der Waals surface area (Å²) in [4.78, 5) is 31.9. The van der Waals surface area contributed by atoms with E-state index < -0.39 is 6.04 Å². The topological polar surface area (TPSA) is 110 Å². The summed E-state index contributed by atoms with van der Waals surface area (Å²) < 4.78 is 4.94. The van der Waals surface area contributed by atoms with E-state index in [1.807, 2.05) is 0 Å². The van der Waals surface area contributed by atoms with Crippen LogP contribution in [0.3, 0.4) is 0 Å². The van der Waals surface area contributed by atoms with Gasteiger partial charge in [-0.25, -0.2) is 0 Å². The van der Waals surface area contributed by atoms with E-state index in [-0.39, 0.29) is 30.1 Å². The van der Waals surface area contributed by atoms with Crippen LogP contribution in [0.2, 0.25) is 0 Å². The number of likely N-dealkylation sites (N-methyl/N-ethyl adjacent to an activating group) is 1. The first-order valence-electron chi connectivity index (χ1n) is 5.26. The number of imide groups is 1. The Bertz CT molecular complexity index is 504. The van der Waals surface area contributed by atoms with Crippen LogP contribution in [0.5, 0.6) is 5.88 Å². The first-order valence-corrected chi connectivity index (χ1v) is 5.26. The van der Waals surface area contributed by atoms with Crippen LogP contribution in [0.4, 0.5) is 11.8 Å². The van der Waals surface area contributed by atoms with Gasteiger partial charge in [-0.3, -0.25) is 14.5 Å². The minimum absolute atomic E-state index is 0.0296. The number of aromatic nitrogens is 2. The molecule has 8 nitrogen and oxygen atoms in total. The van der Waals surface area contributed by atoms with Crippen molar-refractivity contribution in [3.05, 3.63) is 6.07 Å². The number of methoxy groups -OCH3 is 1. The van der Waals surface area contributed by atoms with E-state index in [4.69, 9.17) is 10.5 Å². The highest BCUT2D eigenvalue weighted by molar-refractivity contribution is 6.06. The summed E-state index contributed by atoms with van der Waals surface area (Å²) in [5.74, 6) is 0.139. The molecule has 1 aromatic rings. The van der Waals surface area contributed by atoms with E-state index in [0.717, 1.165) is 4.90 Å². The highest BCUT2D eigenvalue weighted by Gasteiger charge is 2.36. The van der Waals surface area contributed by atoms with Crippen molar-refractivity contribution in [3.8, 4) is 5.88 Å². The molecule has 1 atom stereocenters. The molecule has 1 fully saturated rings. The van der Waals surface area contributed by atoms with Gasteiger partial charge in [0.15, 0.2) is 0 Å². The molecule has 1 aliphatic heterocycles. The van der Waals surface area contributed by atoms with Crippen LogP contribution in [0.1, 0.15) is 6.42 Å². The number of nitrogens with one attached hydrogen (secondary N) is 1. The normalized spacial score (nSPS) is 19.2. The van der Waals surface area contributed by atoms with Gasteiger partial charge in [0, 0.05) is 13.1 Å². The molecule has 0 aromatic carbocycles. The van der Waals surface area contributed by atoms with Crippen molar-refractivity contribution in [2.24, 2.45) is 0 Å². The zero-order valence-corrected chi connectivity index (χ0v) is 10.0. The van der Waals surface area contributed by atoms with Crippen molar-refractivity contribution < 1.29 is 14.3 Å². The zero-order valence-electron chi connectivity index (χ0n) is 10.0. The van der Waals surface area contributed by atoms with Crippen molar-refractivity contribution in [3.63, 3.8) is 0 Å². The van der Waals surface area contributed by atoms with Gasteiger partial charge in [-0.1, -0.05) is 0 Å². The summed E-state index contributed by atoms with van der Waals surface area (Å²) in [5.41, 5.74) is 5.49. The molecule has 18 heavy (non-hydrogen) atoms. The molecule has 0 radical (unpaired) electrons. The summed E-state index contributed by atoms with van der Waals surface area (Å²) in [6.07, 6.45) is 0.0988. The Morgan fingerprint density at radius 1 is 1.50 bits per heavy atom. The fourth-order valence-electron chi connectivity index (χ4n) is 1.67. The maximum Gasteiger partial charge on any atom is 0.251 e. The van der Waals surface area contributed by atoms with Gasteiger partial charge in [-0.05, 0) is 0 Å². The van der Waals surface area contributed by atoms with Gasteiger partial charge in [0.2, 0.25) is 17.7 Å². The van der Waals surface area contributed by atoms with E-state index in [9.17, 15) is 9.59 Å².